The van der Waals surface area contributed by atoms with E-state index in [1.807, 2.05) is 13.0 Å². The molecule has 5 nitrogen and oxygen atoms in total. The molecular formula is C20H15ClFN3O2. The van der Waals surface area contributed by atoms with E-state index in [9.17, 15) is 4.79 Å². The fraction of sp³-hybridized carbons (Fsp3) is 0.150. The first kappa shape index (κ1) is 18.6. The number of hydrogen-bond donors (Lipinski definition) is 1. The lowest BCUT2D eigenvalue weighted by atomic mass is 10.0. The summed E-state index contributed by atoms with van der Waals surface area (Å²) in [6, 6.07) is 12.9. The minimum Gasteiger partial charge on any atom is -0.452 e. The second kappa shape index (κ2) is 8.02. The Bertz CT molecular complexity index is 1070. The number of aromatic amines is 1. The third-order valence-corrected chi connectivity index (χ3v) is 4.33. The van der Waals surface area contributed by atoms with Gasteiger partial charge in [0, 0.05) is 18.6 Å². The van der Waals surface area contributed by atoms with Crippen LogP contribution in [0, 0.1) is 17.1 Å². The Labute approximate surface area is 160 Å². The quantitative estimate of drug-likeness (QED) is 0.709. The molecule has 2 aromatic carbocycles. The molecule has 0 spiro atoms. The Morgan fingerprint density at radius 1 is 1.22 bits per heavy atom. The molecule has 1 aromatic heterocycles. The van der Waals surface area contributed by atoms with Gasteiger partial charge in [-0.3, -0.25) is 4.79 Å². The van der Waals surface area contributed by atoms with Crippen LogP contribution in [0.4, 0.5) is 4.39 Å². The standard InChI is InChI=1S/C20H15ClFN3O2/c1-2-13-4-5-14(10-15-6-8-18(26)25-24-15)19(22)20(13)27-17-9-12(11-23)3-7-16(17)21/h3-9H,2,10H2,1H3,(H,25,26). The molecule has 1 N–H and O–H groups in total. The summed E-state index contributed by atoms with van der Waals surface area (Å²) in [7, 11) is 0. The first-order valence-electron chi connectivity index (χ1n) is 8.24. The van der Waals surface area contributed by atoms with Crippen LogP contribution in [0.5, 0.6) is 11.5 Å². The number of nitriles is 1. The molecule has 0 aliphatic carbocycles. The number of H-pyrrole nitrogens is 1. The predicted molar refractivity (Wildman–Crippen MR) is 99.7 cm³/mol. The summed E-state index contributed by atoms with van der Waals surface area (Å²) in [5, 5.41) is 15.6. The van der Waals surface area contributed by atoms with E-state index in [-0.39, 0.29) is 28.5 Å². The average Bonchev–Trinajstić information content (AvgIpc) is 2.68. The van der Waals surface area contributed by atoms with Gasteiger partial charge in [-0.15, -0.1) is 0 Å². The van der Waals surface area contributed by atoms with Gasteiger partial charge in [-0.1, -0.05) is 30.7 Å². The van der Waals surface area contributed by atoms with Crippen LogP contribution >= 0.6 is 11.6 Å². The highest BCUT2D eigenvalue weighted by Gasteiger charge is 2.17. The maximum absolute atomic E-state index is 15.2. The van der Waals surface area contributed by atoms with Crippen LogP contribution in [0.1, 0.15) is 29.3 Å². The summed E-state index contributed by atoms with van der Waals surface area (Å²) < 4.78 is 20.9. The van der Waals surface area contributed by atoms with Gasteiger partial charge in [-0.2, -0.15) is 10.4 Å². The van der Waals surface area contributed by atoms with Gasteiger partial charge in [-0.05, 0) is 35.7 Å². The first-order valence-corrected chi connectivity index (χ1v) is 8.62. The summed E-state index contributed by atoms with van der Waals surface area (Å²) >= 11 is 6.13. The van der Waals surface area contributed by atoms with E-state index in [0.717, 1.165) is 0 Å². The Balaban J connectivity index is 2.00. The Morgan fingerprint density at radius 2 is 2.00 bits per heavy atom. The van der Waals surface area contributed by atoms with E-state index in [4.69, 9.17) is 21.6 Å². The second-order valence-electron chi connectivity index (χ2n) is 5.83. The van der Waals surface area contributed by atoms with Crippen LogP contribution in [0.25, 0.3) is 0 Å². The largest absolute Gasteiger partial charge is 0.452 e. The molecule has 0 aliphatic heterocycles. The summed E-state index contributed by atoms with van der Waals surface area (Å²) in [6.45, 7) is 1.89. The number of rotatable bonds is 5. The first-order chi connectivity index (χ1) is 13.0. The fourth-order valence-electron chi connectivity index (χ4n) is 2.59. The van der Waals surface area contributed by atoms with Crippen molar-refractivity contribution >= 4 is 11.6 Å². The van der Waals surface area contributed by atoms with Crippen molar-refractivity contribution in [3.8, 4) is 17.6 Å². The molecule has 0 bridgehead atoms. The SMILES string of the molecule is CCc1ccc(Cc2ccc(=O)[nH]n2)c(F)c1Oc1cc(C#N)ccc1Cl. The summed E-state index contributed by atoms with van der Waals surface area (Å²) in [6.07, 6.45) is 0.744. The number of hydrogen-bond acceptors (Lipinski definition) is 4. The highest BCUT2D eigenvalue weighted by molar-refractivity contribution is 6.32. The molecule has 136 valence electrons. The third-order valence-electron chi connectivity index (χ3n) is 4.02. The molecule has 0 unspecified atom stereocenters. The van der Waals surface area contributed by atoms with Crippen LogP contribution < -0.4 is 10.3 Å². The molecule has 0 saturated carbocycles. The highest BCUT2D eigenvalue weighted by atomic mass is 35.5. The molecule has 0 fully saturated rings. The lowest BCUT2D eigenvalue weighted by Crippen LogP contribution is -2.08. The van der Waals surface area contributed by atoms with E-state index >= 15 is 4.39 Å². The Morgan fingerprint density at radius 3 is 2.67 bits per heavy atom. The minimum absolute atomic E-state index is 0.0661. The lowest BCUT2D eigenvalue weighted by molar-refractivity contribution is 0.433. The van der Waals surface area contributed by atoms with Gasteiger partial charge in [0.05, 0.1) is 22.3 Å². The third kappa shape index (κ3) is 4.15. The van der Waals surface area contributed by atoms with Crippen molar-refractivity contribution in [1.82, 2.24) is 10.2 Å². The average molecular weight is 384 g/mol. The number of ether oxygens (including phenoxy) is 1. The molecule has 7 heteroatoms. The van der Waals surface area contributed by atoms with Crippen molar-refractivity contribution in [2.75, 3.05) is 0 Å². The molecule has 3 rings (SSSR count). The number of aromatic nitrogens is 2. The molecule has 27 heavy (non-hydrogen) atoms. The van der Waals surface area contributed by atoms with E-state index < -0.39 is 5.82 Å². The molecule has 1 heterocycles. The Kier molecular flexibility index (Phi) is 5.53. The van der Waals surface area contributed by atoms with Crippen molar-refractivity contribution in [2.24, 2.45) is 0 Å². The zero-order valence-corrected chi connectivity index (χ0v) is 15.2. The van der Waals surface area contributed by atoms with Crippen LogP contribution in [-0.2, 0) is 12.8 Å². The normalized spacial score (nSPS) is 10.4. The molecule has 0 atom stereocenters. The number of aryl methyl sites for hydroxylation is 1. The summed E-state index contributed by atoms with van der Waals surface area (Å²) in [5.41, 5.74) is 1.60. The summed E-state index contributed by atoms with van der Waals surface area (Å²) in [4.78, 5) is 11.1. The molecular weight excluding hydrogens is 369 g/mol. The number of halogens is 2. The predicted octanol–water partition coefficient (Wildman–Crippen LogP) is 4.38. The maximum atomic E-state index is 15.2. The van der Waals surface area contributed by atoms with Gasteiger partial charge in [-0.25, -0.2) is 9.49 Å². The van der Waals surface area contributed by atoms with Crippen molar-refractivity contribution in [3.63, 3.8) is 0 Å². The van der Waals surface area contributed by atoms with Crippen LogP contribution in [0.15, 0.2) is 47.3 Å². The minimum atomic E-state index is -0.527. The van der Waals surface area contributed by atoms with Gasteiger partial charge in [0.15, 0.2) is 11.6 Å². The zero-order valence-electron chi connectivity index (χ0n) is 14.4. The molecule has 3 aromatic rings. The number of benzene rings is 2. The van der Waals surface area contributed by atoms with Crippen molar-refractivity contribution in [1.29, 1.82) is 5.26 Å². The van der Waals surface area contributed by atoms with Crippen molar-refractivity contribution < 1.29 is 9.13 Å². The monoisotopic (exact) mass is 383 g/mol. The van der Waals surface area contributed by atoms with Gasteiger partial charge < -0.3 is 4.74 Å². The second-order valence-corrected chi connectivity index (χ2v) is 6.24. The number of nitrogens with one attached hydrogen (secondary N) is 1. The van der Waals surface area contributed by atoms with Crippen molar-refractivity contribution in [3.05, 3.63) is 86.0 Å². The van der Waals surface area contributed by atoms with Crippen LogP contribution in [0.3, 0.4) is 0 Å². The molecule has 0 radical (unpaired) electrons. The van der Waals surface area contributed by atoms with Crippen LogP contribution in [0.2, 0.25) is 5.02 Å². The topological polar surface area (TPSA) is 78.8 Å². The highest BCUT2D eigenvalue weighted by Crippen LogP contribution is 2.35. The van der Waals surface area contributed by atoms with E-state index in [0.29, 0.717) is 28.8 Å². The molecule has 0 amide bonds. The van der Waals surface area contributed by atoms with E-state index in [1.165, 1.54) is 18.2 Å². The maximum Gasteiger partial charge on any atom is 0.264 e. The van der Waals surface area contributed by atoms with Gasteiger partial charge in [0.2, 0.25) is 0 Å². The zero-order chi connectivity index (χ0) is 19.4. The van der Waals surface area contributed by atoms with E-state index in [2.05, 4.69) is 10.2 Å². The number of nitrogens with zero attached hydrogens (tertiary/aromatic N) is 2. The Hall–Kier alpha value is -3.17. The van der Waals surface area contributed by atoms with Crippen LogP contribution in [-0.4, -0.2) is 10.2 Å². The summed E-state index contributed by atoms with van der Waals surface area (Å²) in [5.74, 6) is -0.249. The molecule has 0 saturated heterocycles. The fourth-order valence-corrected chi connectivity index (χ4v) is 2.75. The van der Waals surface area contributed by atoms with Gasteiger partial charge in [0.25, 0.3) is 5.56 Å². The van der Waals surface area contributed by atoms with E-state index in [1.54, 1.807) is 24.3 Å². The smallest absolute Gasteiger partial charge is 0.264 e. The van der Waals surface area contributed by atoms with Gasteiger partial charge in [0.1, 0.15) is 5.75 Å². The van der Waals surface area contributed by atoms with Gasteiger partial charge >= 0.3 is 0 Å². The molecule has 0 aliphatic rings. The van der Waals surface area contributed by atoms with Crippen molar-refractivity contribution in [2.45, 2.75) is 19.8 Å². The lowest BCUT2D eigenvalue weighted by Gasteiger charge is -2.15.